The number of pyridine rings is 1. The van der Waals surface area contributed by atoms with E-state index in [9.17, 15) is 14.4 Å². The van der Waals surface area contributed by atoms with Crippen LogP contribution in [0, 0.1) is 0 Å². The van der Waals surface area contributed by atoms with Gasteiger partial charge in [0.2, 0.25) is 5.91 Å². The van der Waals surface area contributed by atoms with Gasteiger partial charge in [-0.15, -0.1) is 0 Å². The van der Waals surface area contributed by atoms with Crippen LogP contribution < -0.4 is 10.2 Å². The maximum atomic E-state index is 12.8. The molecule has 0 spiro atoms. The molecule has 0 radical (unpaired) electrons. The SMILES string of the molecule is CCOC(=O)CCC(=O)N1c2ccccc2C(=O)Nc2cccnc21. The fourth-order valence-corrected chi connectivity index (χ4v) is 2.64. The van der Waals surface area contributed by atoms with Gasteiger partial charge in [0.25, 0.3) is 5.91 Å². The molecule has 3 rings (SSSR count). The highest BCUT2D eigenvalue weighted by atomic mass is 16.5. The summed E-state index contributed by atoms with van der Waals surface area (Å²) >= 11 is 0. The lowest BCUT2D eigenvalue weighted by Gasteiger charge is -2.22. The van der Waals surface area contributed by atoms with Gasteiger partial charge in [0.1, 0.15) is 0 Å². The maximum Gasteiger partial charge on any atom is 0.306 e. The third kappa shape index (κ3) is 3.35. The van der Waals surface area contributed by atoms with Gasteiger partial charge in [0.15, 0.2) is 5.82 Å². The van der Waals surface area contributed by atoms with Crippen molar-refractivity contribution in [3.05, 3.63) is 48.2 Å². The highest BCUT2D eigenvalue weighted by Gasteiger charge is 2.30. The molecule has 1 aromatic carbocycles. The van der Waals surface area contributed by atoms with Crippen LogP contribution in [0.3, 0.4) is 0 Å². The van der Waals surface area contributed by atoms with E-state index in [-0.39, 0.29) is 31.3 Å². The number of nitrogens with zero attached hydrogens (tertiary/aromatic N) is 2. The van der Waals surface area contributed by atoms with E-state index in [1.54, 1.807) is 49.5 Å². The molecule has 0 unspecified atom stereocenters. The first-order valence-corrected chi connectivity index (χ1v) is 7.95. The summed E-state index contributed by atoms with van der Waals surface area (Å²) in [5.41, 5.74) is 1.24. The minimum Gasteiger partial charge on any atom is -0.466 e. The second-order valence-electron chi connectivity index (χ2n) is 5.38. The Morgan fingerprint density at radius 2 is 1.96 bits per heavy atom. The van der Waals surface area contributed by atoms with Crippen LogP contribution in [-0.4, -0.2) is 29.4 Å². The molecule has 0 bridgehead atoms. The molecule has 0 aliphatic carbocycles. The molecule has 25 heavy (non-hydrogen) atoms. The van der Waals surface area contributed by atoms with E-state index in [1.807, 2.05) is 0 Å². The van der Waals surface area contributed by atoms with E-state index in [0.717, 1.165) is 0 Å². The fourth-order valence-electron chi connectivity index (χ4n) is 2.64. The van der Waals surface area contributed by atoms with Crippen LogP contribution in [-0.2, 0) is 14.3 Å². The molecule has 0 atom stereocenters. The van der Waals surface area contributed by atoms with Gasteiger partial charge in [0, 0.05) is 12.6 Å². The molecule has 7 heteroatoms. The highest BCUT2D eigenvalue weighted by Crippen LogP contribution is 2.36. The fraction of sp³-hybridized carbons (Fsp3) is 0.222. The molecule has 1 N–H and O–H groups in total. The molecule has 7 nitrogen and oxygen atoms in total. The number of hydrogen-bond acceptors (Lipinski definition) is 5. The predicted molar refractivity (Wildman–Crippen MR) is 91.6 cm³/mol. The van der Waals surface area contributed by atoms with Crippen molar-refractivity contribution < 1.29 is 19.1 Å². The second-order valence-corrected chi connectivity index (χ2v) is 5.38. The quantitative estimate of drug-likeness (QED) is 0.865. The Labute approximate surface area is 144 Å². The third-order valence-corrected chi connectivity index (χ3v) is 3.73. The summed E-state index contributed by atoms with van der Waals surface area (Å²) in [4.78, 5) is 42.5. The smallest absolute Gasteiger partial charge is 0.306 e. The minimum atomic E-state index is -0.436. The summed E-state index contributed by atoms with van der Waals surface area (Å²) in [5.74, 6) is -0.758. The van der Waals surface area contributed by atoms with Crippen LogP contribution in [0.25, 0.3) is 0 Å². The van der Waals surface area contributed by atoms with E-state index in [1.165, 1.54) is 4.90 Å². The number of aromatic nitrogens is 1. The van der Waals surface area contributed by atoms with Gasteiger partial charge in [-0.1, -0.05) is 12.1 Å². The summed E-state index contributed by atoms with van der Waals surface area (Å²) in [5, 5.41) is 2.76. The van der Waals surface area contributed by atoms with Crippen molar-refractivity contribution in [2.24, 2.45) is 0 Å². The number of amides is 2. The molecular formula is C18H17N3O4. The Morgan fingerprint density at radius 1 is 1.16 bits per heavy atom. The largest absolute Gasteiger partial charge is 0.466 e. The molecule has 0 fully saturated rings. The summed E-state index contributed by atoms with van der Waals surface area (Å²) in [6.45, 7) is 1.98. The first-order chi connectivity index (χ1) is 12.1. The van der Waals surface area contributed by atoms with Crippen LogP contribution in [0.5, 0.6) is 0 Å². The Bertz CT molecular complexity index is 835. The molecule has 2 aromatic rings. The number of para-hydroxylation sites is 1. The van der Waals surface area contributed by atoms with Crippen LogP contribution in [0.1, 0.15) is 30.1 Å². The molecule has 128 valence electrons. The van der Waals surface area contributed by atoms with E-state index in [4.69, 9.17) is 4.74 Å². The average molecular weight is 339 g/mol. The lowest BCUT2D eigenvalue weighted by molar-refractivity contribution is -0.144. The average Bonchev–Trinajstić information content (AvgIpc) is 2.74. The summed E-state index contributed by atoms with van der Waals surface area (Å²) in [7, 11) is 0. The molecule has 1 aromatic heterocycles. The first-order valence-electron chi connectivity index (χ1n) is 7.95. The first kappa shape index (κ1) is 16.6. The number of nitrogens with one attached hydrogen (secondary N) is 1. The van der Waals surface area contributed by atoms with Crippen LogP contribution in [0.4, 0.5) is 17.2 Å². The van der Waals surface area contributed by atoms with Crippen molar-refractivity contribution in [1.29, 1.82) is 0 Å². The summed E-state index contributed by atoms with van der Waals surface area (Å²) < 4.78 is 4.87. The molecule has 2 amide bonds. The van der Waals surface area contributed by atoms with Gasteiger partial charge in [-0.3, -0.25) is 19.3 Å². The van der Waals surface area contributed by atoms with Gasteiger partial charge in [-0.05, 0) is 31.2 Å². The lowest BCUT2D eigenvalue weighted by Crippen LogP contribution is -2.28. The van der Waals surface area contributed by atoms with Gasteiger partial charge >= 0.3 is 5.97 Å². The van der Waals surface area contributed by atoms with E-state index >= 15 is 0 Å². The number of anilines is 3. The van der Waals surface area contributed by atoms with Gasteiger partial charge < -0.3 is 10.1 Å². The van der Waals surface area contributed by atoms with Crippen molar-refractivity contribution in [2.75, 3.05) is 16.8 Å². The number of rotatable bonds is 4. The van der Waals surface area contributed by atoms with Crippen molar-refractivity contribution in [1.82, 2.24) is 4.98 Å². The van der Waals surface area contributed by atoms with E-state index < -0.39 is 5.97 Å². The maximum absolute atomic E-state index is 12.8. The predicted octanol–water partition coefficient (Wildman–Crippen LogP) is 2.66. The number of hydrogen-bond donors (Lipinski definition) is 1. The highest BCUT2D eigenvalue weighted by molar-refractivity contribution is 6.17. The molecule has 1 aliphatic heterocycles. The number of carbonyl (C=O) groups is 3. The molecule has 1 aliphatic rings. The topological polar surface area (TPSA) is 88.6 Å². The van der Waals surface area contributed by atoms with Crippen molar-refractivity contribution in [2.45, 2.75) is 19.8 Å². The zero-order valence-electron chi connectivity index (χ0n) is 13.7. The number of ether oxygens (including phenoxy) is 1. The summed E-state index contributed by atoms with van der Waals surface area (Å²) in [6, 6.07) is 10.1. The standard InChI is InChI=1S/C18H17N3O4/c1-2-25-16(23)10-9-15(22)21-14-8-4-3-6-12(14)18(24)20-13-7-5-11-19-17(13)21/h3-8,11H,2,9-10H2,1H3,(H,20,24). The van der Waals surface area contributed by atoms with E-state index in [0.29, 0.717) is 22.8 Å². The van der Waals surface area contributed by atoms with Crippen molar-refractivity contribution >= 4 is 35.0 Å². The molecule has 2 heterocycles. The Hall–Kier alpha value is -3.22. The number of esters is 1. The van der Waals surface area contributed by atoms with Gasteiger partial charge in [-0.25, -0.2) is 4.98 Å². The molecule has 0 saturated carbocycles. The second kappa shape index (κ2) is 7.12. The Kier molecular flexibility index (Phi) is 4.74. The zero-order chi connectivity index (χ0) is 17.8. The van der Waals surface area contributed by atoms with Crippen molar-refractivity contribution in [3.63, 3.8) is 0 Å². The number of benzene rings is 1. The Balaban J connectivity index is 1.99. The number of fused-ring (bicyclic) bond motifs is 2. The Morgan fingerprint density at radius 3 is 2.76 bits per heavy atom. The van der Waals surface area contributed by atoms with Gasteiger partial charge in [-0.2, -0.15) is 0 Å². The molecule has 0 saturated heterocycles. The normalized spacial score (nSPS) is 12.5. The van der Waals surface area contributed by atoms with Crippen molar-refractivity contribution in [3.8, 4) is 0 Å². The zero-order valence-corrected chi connectivity index (χ0v) is 13.7. The lowest BCUT2D eigenvalue weighted by atomic mass is 10.1. The van der Waals surface area contributed by atoms with Crippen LogP contribution in [0.2, 0.25) is 0 Å². The molecular weight excluding hydrogens is 322 g/mol. The van der Waals surface area contributed by atoms with Crippen LogP contribution in [0.15, 0.2) is 42.6 Å². The minimum absolute atomic E-state index is 0.0329. The van der Waals surface area contributed by atoms with E-state index in [2.05, 4.69) is 10.3 Å². The summed E-state index contributed by atoms with van der Waals surface area (Å²) in [6.07, 6.45) is 1.47. The van der Waals surface area contributed by atoms with Crippen LogP contribution >= 0.6 is 0 Å². The number of carbonyl (C=O) groups excluding carboxylic acids is 3. The third-order valence-electron chi connectivity index (χ3n) is 3.73. The monoisotopic (exact) mass is 339 g/mol. The van der Waals surface area contributed by atoms with Gasteiger partial charge in [0.05, 0.1) is 30.0 Å².